The Morgan fingerprint density at radius 3 is 2.86 bits per heavy atom. The third-order valence-electron chi connectivity index (χ3n) is 3.73. The van der Waals surface area contributed by atoms with Gasteiger partial charge in [-0.05, 0) is 50.5 Å². The average molecular weight is 293 g/mol. The van der Waals surface area contributed by atoms with E-state index >= 15 is 0 Å². The largest absolute Gasteiger partial charge is 0.466 e. The Morgan fingerprint density at radius 2 is 2.19 bits per heavy atom. The number of benzene rings is 1. The third kappa shape index (κ3) is 3.60. The van der Waals surface area contributed by atoms with Gasteiger partial charge in [-0.2, -0.15) is 0 Å². The molecule has 114 valence electrons. The Morgan fingerprint density at radius 1 is 1.43 bits per heavy atom. The molecule has 0 aromatic heterocycles. The number of carbonyl (C=O) groups excluding carboxylic acids is 2. The first-order chi connectivity index (χ1) is 10.0. The van der Waals surface area contributed by atoms with E-state index in [1.807, 2.05) is 0 Å². The molecule has 2 rings (SSSR count). The molecule has 1 aliphatic heterocycles. The maximum Gasteiger partial charge on any atom is 0.310 e. The molecule has 0 bridgehead atoms. The summed E-state index contributed by atoms with van der Waals surface area (Å²) in [5, 5.41) is 0. The van der Waals surface area contributed by atoms with Gasteiger partial charge in [0, 0.05) is 18.7 Å². The van der Waals surface area contributed by atoms with Gasteiger partial charge < -0.3 is 9.64 Å². The molecule has 1 amide bonds. The van der Waals surface area contributed by atoms with Crippen LogP contribution in [0, 0.1) is 18.7 Å². The second-order valence-corrected chi connectivity index (χ2v) is 5.31. The van der Waals surface area contributed by atoms with Gasteiger partial charge in [0.2, 0.25) is 0 Å². The van der Waals surface area contributed by atoms with Crippen molar-refractivity contribution in [2.45, 2.75) is 26.7 Å². The Bertz CT molecular complexity index is 544. The van der Waals surface area contributed by atoms with Crippen LogP contribution in [0.1, 0.15) is 35.7 Å². The van der Waals surface area contributed by atoms with E-state index < -0.39 is 0 Å². The molecule has 4 nitrogen and oxygen atoms in total. The van der Waals surface area contributed by atoms with Gasteiger partial charge in [0.1, 0.15) is 5.82 Å². The Kier molecular flexibility index (Phi) is 4.94. The van der Waals surface area contributed by atoms with Crippen LogP contribution in [0.25, 0.3) is 0 Å². The summed E-state index contributed by atoms with van der Waals surface area (Å²) in [6, 6.07) is 4.33. The first-order valence-electron chi connectivity index (χ1n) is 7.25. The summed E-state index contributed by atoms with van der Waals surface area (Å²) in [5.74, 6) is -0.990. The lowest BCUT2D eigenvalue weighted by Crippen LogP contribution is -2.42. The lowest BCUT2D eigenvalue weighted by molar-refractivity contribution is -0.149. The topological polar surface area (TPSA) is 46.6 Å². The normalized spacial score (nSPS) is 18.4. The van der Waals surface area contributed by atoms with Crippen molar-refractivity contribution < 1.29 is 18.7 Å². The average Bonchev–Trinajstić information content (AvgIpc) is 2.49. The summed E-state index contributed by atoms with van der Waals surface area (Å²) in [4.78, 5) is 25.9. The number of piperidine rings is 1. The quantitative estimate of drug-likeness (QED) is 0.805. The van der Waals surface area contributed by atoms with Gasteiger partial charge in [0.15, 0.2) is 0 Å². The van der Waals surface area contributed by atoms with E-state index in [0.717, 1.165) is 12.8 Å². The van der Waals surface area contributed by atoms with Crippen molar-refractivity contribution in [2.75, 3.05) is 19.7 Å². The predicted molar refractivity (Wildman–Crippen MR) is 76.4 cm³/mol. The molecule has 1 saturated heterocycles. The molecule has 1 heterocycles. The van der Waals surface area contributed by atoms with Gasteiger partial charge in [-0.25, -0.2) is 4.39 Å². The molecule has 1 atom stereocenters. The van der Waals surface area contributed by atoms with Crippen molar-refractivity contribution in [2.24, 2.45) is 5.92 Å². The number of carbonyl (C=O) groups is 2. The van der Waals surface area contributed by atoms with E-state index in [2.05, 4.69) is 0 Å². The van der Waals surface area contributed by atoms with Crippen LogP contribution in [0.3, 0.4) is 0 Å². The molecule has 1 aromatic carbocycles. The lowest BCUT2D eigenvalue weighted by Gasteiger charge is -2.31. The van der Waals surface area contributed by atoms with Gasteiger partial charge in [-0.1, -0.05) is 0 Å². The maximum absolute atomic E-state index is 13.3. The molecule has 1 aliphatic rings. The minimum absolute atomic E-state index is 0.160. The summed E-state index contributed by atoms with van der Waals surface area (Å²) >= 11 is 0. The maximum atomic E-state index is 13.3. The summed E-state index contributed by atoms with van der Waals surface area (Å²) in [6.45, 7) is 4.73. The van der Waals surface area contributed by atoms with Crippen molar-refractivity contribution in [1.82, 2.24) is 4.90 Å². The van der Waals surface area contributed by atoms with Crippen LogP contribution in [-0.2, 0) is 9.53 Å². The number of aryl methyl sites for hydroxylation is 1. The van der Waals surface area contributed by atoms with Gasteiger partial charge in [-0.15, -0.1) is 0 Å². The number of likely N-dealkylation sites (tertiary alicyclic amines) is 1. The number of ether oxygens (including phenoxy) is 1. The van der Waals surface area contributed by atoms with Crippen molar-refractivity contribution in [1.29, 1.82) is 0 Å². The van der Waals surface area contributed by atoms with Crippen molar-refractivity contribution in [3.63, 3.8) is 0 Å². The molecule has 0 spiro atoms. The van der Waals surface area contributed by atoms with Crippen LogP contribution in [0.4, 0.5) is 4.39 Å². The Labute approximate surface area is 123 Å². The fourth-order valence-corrected chi connectivity index (χ4v) is 2.57. The van der Waals surface area contributed by atoms with E-state index in [1.165, 1.54) is 12.1 Å². The molecule has 1 fully saturated rings. The summed E-state index contributed by atoms with van der Waals surface area (Å²) in [5.41, 5.74) is 0.901. The van der Waals surface area contributed by atoms with Crippen LogP contribution in [0.5, 0.6) is 0 Å². The summed E-state index contributed by atoms with van der Waals surface area (Å²) in [7, 11) is 0. The van der Waals surface area contributed by atoms with E-state index in [4.69, 9.17) is 4.74 Å². The highest BCUT2D eigenvalue weighted by Gasteiger charge is 2.29. The van der Waals surface area contributed by atoms with Gasteiger partial charge in [-0.3, -0.25) is 9.59 Å². The molecule has 0 aliphatic carbocycles. The molecule has 0 N–H and O–H groups in total. The zero-order valence-electron chi connectivity index (χ0n) is 12.4. The second-order valence-electron chi connectivity index (χ2n) is 5.31. The SMILES string of the molecule is CCOC(=O)[C@H]1CCCN(C(=O)c2ccc(F)c(C)c2)C1. The molecule has 1 aromatic rings. The van der Waals surface area contributed by atoms with Gasteiger partial charge in [0.05, 0.1) is 12.5 Å². The minimum atomic E-state index is -0.324. The van der Waals surface area contributed by atoms with Crippen molar-refractivity contribution in [3.05, 3.63) is 35.1 Å². The molecule has 0 unspecified atom stereocenters. The fourth-order valence-electron chi connectivity index (χ4n) is 2.57. The zero-order valence-corrected chi connectivity index (χ0v) is 12.4. The van der Waals surface area contributed by atoms with Gasteiger partial charge >= 0.3 is 5.97 Å². The Hall–Kier alpha value is -1.91. The summed E-state index contributed by atoms with van der Waals surface area (Å²) in [6.07, 6.45) is 1.51. The van der Waals surface area contributed by atoms with E-state index in [0.29, 0.717) is 30.8 Å². The number of hydrogen-bond acceptors (Lipinski definition) is 3. The van der Waals surface area contributed by atoms with Gasteiger partial charge in [0.25, 0.3) is 5.91 Å². The minimum Gasteiger partial charge on any atom is -0.466 e. The number of halogens is 1. The van der Waals surface area contributed by atoms with Crippen LogP contribution < -0.4 is 0 Å². The molecule has 5 heteroatoms. The van der Waals surface area contributed by atoms with E-state index in [9.17, 15) is 14.0 Å². The lowest BCUT2D eigenvalue weighted by atomic mass is 9.97. The number of hydrogen-bond donors (Lipinski definition) is 0. The van der Waals surface area contributed by atoms with E-state index in [1.54, 1.807) is 24.8 Å². The number of rotatable bonds is 3. The smallest absolute Gasteiger partial charge is 0.310 e. The monoisotopic (exact) mass is 293 g/mol. The molecule has 21 heavy (non-hydrogen) atoms. The Balaban J connectivity index is 2.08. The highest BCUT2D eigenvalue weighted by molar-refractivity contribution is 5.94. The summed E-state index contributed by atoms with van der Waals surface area (Å²) < 4.78 is 18.3. The number of nitrogens with zero attached hydrogens (tertiary/aromatic N) is 1. The highest BCUT2D eigenvalue weighted by atomic mass is 19.1. The molecular weight excluding hydrogens is 273 g/mol. The molecule has 0 radical (unpaired) electrons. The fraction of sp³-hybridized carbons (Fsp3) is 0.500. The number of amides is 1. The van der Waals surface area contributed by atoms with E-state index in [-0.39, 0.29) is 23.6 Å². The third-order valence-corrected chi connectivity index (χ3v) is 3.73. The zero-order chi connectivity index (χ0) is 15.4. The van der Waals surface area contributed by atoms with Crippen LogP contribution in [0.15, 0.2) is 18.2 Å². The van der Waals surface area contributed by atoms with Crippen molar-refractivity contribution in [3.8, 4) is 0 Å². The number of esters is 1. The standard InChI is InChI=1S/C16H20FNO3/c1-3-21-16(20)13-5-4-8-18(10-13)15(19)12-6-7-14(17)11(2)9-12/h6-7,9,13H,3-5,8,10H2,1-2H3/t13-/m0/s1. The highest BCUT2D eigenvalue weighted by Crippen LogP contribution is 2.20. The van der Waals surface area contributed by atoms with Crippen LogP contribution in [0.2, 0.25) is 0 Å². The van der Waals surface area contributed by atoms with Crippen LogP contribution in [-0.4, -0.2) is 36.5 Å². The predicted octanol–water partition coefficient (Wildman–Crippen LogP) is 2.55. The van der Waals surface area contributed by atoms with Crippen LogP contribution >= 0.6 is 0 Å². The van der Waals surface area contributed by atoms with Crippen molar-refractivity contribution >= 4 is 11.9 Å². The molecular formula is C16H20FNO3. The first kappa shape index (κ1) is 15.5. The first-order valence-corrected chi connectivity index (χ1v) is 7.25. The molecule has 0 saturated carbocycles. The second kappa shape index (κ2) is 6.70.